The van der Waals surface area contributed by atoms with Crippen molar-refractivity contribution < 1.29 is 4.74 Å². The van der Waals surface area contributed by atoms with Gasteiger partial charge >= 0.3 is 0 Å². The fourth-order valence-corrected chi connectivity index (χ4v) is 4.17. The van der Waals surface area contributed by atoms with Gasteiger partial charge in [0.1, 0.15) is 0 Å². The van der Waals surface area contributed by atoms with E-state index in [-0.39, 0.29) is 6.04 Å². The van der Waals surface area contributed by atoms with Crippen molar-refractivity contribution in [3.63, 3.8) is 0 Å². The van der Waals surface area contributed by atoms with Crippen molar-refractivity contribution in [1.29, 1.82) is 0 Å². The van der Waals surface area contributed by atoms with Crippen LogP contribution >= 0.6 is 11.6 Å². The second kappa shape index (κ2) is 9.08. The summed E-state index contributed by atoms with van der Waals surface area (Å²) in [5.41, 5.74) is 3.89. The zero-order chi connectivity index (χ0) is 21.0. The first kappa shape index (κ1) is 20.0. The predicted octanol–water partition coefficient (Wildman–Crippen LogP) is 3.55. The number of anilines is 3. The number of rotatable bonds is 6. The molecule has 1 fully saturated rings. The van der Waals surface area contributed by atoms with Gasteiger partial charge in [0.15, 0.2) is 0 Å². The van der Waals surface area contributed by atoms with Crippen molar-refractivity contribution in [2.45, 2.75) is 25.4 Å². The van der Waals surface area contributed by atoms with Gasteiger partial charge in [0.25, 0.3) is 0 Å². The average molecular weight is 437 g/mol. The number of morpholine rings is 1. The summed E-state index contributed by atoms with van der Waals surface area (Å²) in [5, 5.41) is 7.60. The molecular weight excluding hydrogens is 412 g/mol. The second-order valence-corrected chi connectivity index (χ2v) is 8.32. The maximum atomic E-state index is 5.99. The molecule has 0 amide bonds. The van der Waals surface area contributed by atoms with E-state index in [1.54, 1.807) is 0 Å². The number of nitrogens with zero attached hydrogens (tertiary/aromatic N) is 4. The Morgan fingerprint density at radius 1 is 0.903 bits per heavy atom. The average Bonchev–Trinajstić information content (AvgIpc) is 3.21. The number of hydrogen-bond donors (Lipinski definition) is 2. The molecule has 2 heterocycles. The van der Waals surface area contributed by atoms with Crippen LogP contribution in [-0.4, -0.2) is 47.3 Å². The van der Waals surface area contributed by atoms with Crippen LogP contribution in [0.25, 0.3) is 0 Å². The Morgan fingerprint density at radius 2 is 1.58 bits per heavy atom. The topological polar surface area (TPSA) is 75.2 Å². The van der Waals surface area contributed by atoms with E-state index >= 15 is 0 Å². The number of aromatic nitrogens is 3. The van der Waals surface area contributed by atoms with Crippen LogP contribution in [0.4, 0.5) is 17.8 Å². The van der Waals surface area contributed by atoms with Crippen LogP contribution in [0, 0.1) is 0 Å². The molecule has 0 bridgehead atoms. The van der Waals surface area contributed by atoms with Crippen LogP contribution in [0.15, 0.2) is 48.5 Å². The van der Waals surface area contributed by atoms with Crippen molar-refractivity contribution >= 4 is 29.4 Å². The summed E-state index contributed by atoms with van der Waals surface area (Å²) in [5.74, 6) is 1.84. The van der Waals surface area contributed by atoms with Crippen LogP contribution in [0.2, 0.25) is 5.02 Å². The third-order valence-corrected chi connectivity index (χ3v) is 5.92. The lowest BCUT2D eigenvalue weighted by Gasteiger charge is -2.27. The number of fused-ring (bicyclic) bond motifs is 1. The van der Waals surface area contributed by atoms with Gasteiger partial charge in [-0.1, -0.05) is 48.0 Å². The Hall–Kier alpha value is -2.90. The van der Waals surface area contributed by atoms with E-state index in [0.29, 0.717) is 37.6 Å². The maximum Gasteiger partial charge on any atom is 0.232 e. The van der Waals surface area contributed by atoms with Gasteiger partial charge in [-0.3, -0.25) is 0 Å². The fraction of sp³-hybridized carbons (Fsp3) is 0.348. The normalized spacial score (nSPS) is 16.2. The molecule has 0 unspecified atom stereocenters. The highest BCUT2D eigenvalue weighted by Gasteiger charge is 2.23. The van der Waals surface area contributed by atoms with Crippen LogP contribution in [-0.2, 0) is 24.1 Å². The molecule has 0 radical (unpaired) electrons. The minimum atomic E-state index is 0.279. The Labute approximate surface area is 186 Å². The lowest BCUT2D eigenvalue weighted by molar-refractivity contribution is 0.122. The molecule has 1 saturated heterocycles. The first-order valence-corrected chi connectivity index (χ1v) is 11.0. The van der Waals surface area contributed by atoms with E-state index in [0.717, 1.165) is 36.5 Å². The molecule has 31 heavy (non-hydrogen) atoms. The SMILES string of the molecule is Clc1ccc(CNc2nc(NC3Cc4ccccc4C3)nc(N3CCOCC3)n2)cc1. The maximum absolute atomic E-state index is 5.99. The first-order chi connectivity index (χ1) is 15.2. The molecule has 1 aromatic heterocycles. The van der Waals surface area contributed by atoms with Gasteiger partial charge in [0, 0.05) is 30.7 Å². The Balaban J connectivity index is 1.34. The van der Waals surface area contributed by atoms with Gasteiger partial charge in [0.05, 0.1) is 13.2 Å². The number of halogens is 1. The Morgan fingerprint density at radius 3 is 2.29 bits per heavy atom. The molecule has 1 aliphatic heterocycles. The summed E-state index contributed by atoms with van der Waals surface area (Å²) >= 11 is 5.99. The van der Waals surface area contributed by atoms with E-state index in [1.165, 1.54) is 11.1 Å². The standard InChI is InChI=1S/C23H25ClN6O/c24-19-7-5-16(6-8-19)15-25-21-27-22(29-23(28-21)30-9-11-31-12-10-30)26-20-13-17-3-1-2-4-18(17)14-20/h1-8,20H,9-15H2,(H2,25,26,27,28,29). The highest BCUT2D eigenvalue weighted by atomic mass is 35.5. The molecule has 8 heteroatoms. The third-order valence-electron chi connectivity index (χ3n) is 5.67. The second-order valence-electron chi connectivity index (χ2n) is 7.88. The lowest BCUT2D eigenvalue weighted by Crippen LogP contribution is -2.37. The minimum Gasteiger partial charge on any atom is -0.378 e. The van der Waals surface area contributed by atoms with Crippen LogP contribution < -0.4 is 15.5 Å². The summed E-state index contributed by atoms with van der Waals surface area (Å²) < 4.78 is 5.49. The summed E-state index contributed by atoms with van der Waals surface area (Å²) in [4.78, 5) is 16.2. The predicted molar refractivity (Wildman–Crippen MR) is 123 cm³/mol. The van der Waals surface area contributed by atoms with Gasteiger partial charge in [-0.2, -0.15) is 15.0 Å². The number of hydrogen-bond acceptors (Lipinski definition) is 7. The Kier molecular flexibility index (Phi) is 5.86. The van der Waals surface area contributed by atoms with Crippen molar-refractivity contribution in [3.05, 3.63) is 70.2 Å². The third kappa shape index (κ3) is 4.89. The first-order valence-electron chi connectivity index (χ1n) is 10.6. The highest BCUT2D eigenvalue weighted by Crippen LogP contribution is 2.24. The molecule has 7 nitrogen and oxygen atoms in total. The molecule has 0 spiro atoms. The molecule has 3 aromatic rings. The largest absolute Gasteiger partial charge is 0.378 e. The van der Waals surface area contributed by atoms with E-state index in [4.69, 9.17) is 21.3 Å². The van der Waals surface area contributed by atoms with E-state index in [1.807, 2.05) is 24.3 Å². The minimum absolute atomic E-state index is 0.279. The molecule has 0 atom stereocenters. The zero-order valence-corrected chi connectivity index (χ0v) is 18.0. The summed E-state index contributed by atoms with van der Waals surface area (Å²) in [6.07, 6.45) is 1.95. The van der Waals surface area contributed by atoms with Gasteiger partial charge in [-0.15, -0.1) is 0 Å². The van der Waals surface area contributed by atoms with E-state index in [2.05, 4.69) is 49.8 Å². The Bertz CT molecular complexity index is 1010. The number of ether oxygens (including phenoxy) is 1. The van der Waals surface area contributed by atoms with Crippen molar-refractivity contribution in [3.8, 4) is 0 Å². The molecule has 160 valence electrons. The lowest BCUT2D eigenvalue weighted by atomic mass is 10.1. The van der Waals surface area contributed by atoms with Gasteiger partial charge < -0.3 is 20.3 Å². The number of nitrogens with one attached hydrogen (secondary N) is 2. The summed E-state index contributed by atoms with van der Waals surface area (Å²) in [7, 11) is 0. The van der Waals surface area contributed by atoms with Crippen molar-refractivity contribution in [2.75, 3.05) is 41.8 Å². The summed E-state index contributed by atoms with van der Waals surface area (Å²) in [6.45, 7) is 3.52. The molecule has 2 N–H and O–H groups in total. The van der Waals surface area contributed by atoms with Crippen molar-refractivity contribution in [2.24, 2.45) is 0 Å². The molecule has 0 saturated carbocycles. The monoisotopic (exact) mass is 436 g/mol. The van der Waals surface area contributed by atoms with Gasteiger partial charge in [0.2, 0.25) is 17.8 Å². The van der Waals surface area contributed by atoms with Crippen LogP contribution in [0.3, 0.4) is 0 Å². The quantitative estimate of drug-likeness (QED) is 0.612. The van der Waals surface area contributed by atoms with Gasteiger partial charge in [-0.25, -0.2) is 0 Å². The van der Waals surface area contributed by atoms with Gasteiger partial charge in [-0.05, 0) is 41.7 Å². The van der Waals surface area contributed by atoms with E-state index in [9.17, 15) is 0 Å². The highest BCUT2D eigenvalue weighted by molar-refractivity contribution is 6.30. The zero-order valence-electron chi connectivity index (χ0n) is 17.2. The molecular formula is C23H25ClN6O. The molecule has 1 aliphatic carbocycles. The smallest absolute Gasteiger partial charge is 0.232 e. The van der Waals surface area contributed by atoms with Crippen LogP contribution in [0.1, 0.15) is 16.7 Å². The van der Waals surface area contributed by atoms with E-state index < -0.39 is 0 Å². The molecule has 5 rings (SSSR count). The fourth-order valence-electron chi connectivity index (χ4n) is 4.04. The van der Waals surface area contributed by atoms with Crippen LogP contribution in [0.5, 0.6) is 0 Å². The molecule has 2 aliphatic rings. The summed E-state index contributed by atoms with van der Waals surface area (Å²) in [6, 6.07) is 16.6. The molecule has 2 aromatic carbocycles. The number of benzene rings is 2. The van der Waals surface area contributed by atoms with Crippen molar-refractivity contribution in [1.82, 2.24) is 15.0 Å².